The second kappa shape index (κ2) is 9.20. The van der Waals surface area contributed by atoms with Crippen molar-refractivity contribution in [2.24, 2.45) is 0 Å². The maximum atomic E-state index is 14.0. The standard InChI is InChI=1S/C22H19F3N4O3S/c23-18-7-8-19(22(25)21(18)24)33(31,32)28-12-10-27(11-13-28)20(30)9-6-16-14-26-29(15-16)17-4-2-1-3-5-17/h1-9,14-15H,10-13H2/b9-6+. The lowest BCUT2D eigenvalue weighted by Crippen LogP contribution is -2.50. The van der Waals surface area contributed by atoms with Crippen LogP contribution in [0.15, 0.2) is 65.8 Å². The van der Waals surface area contributed by atoms with E-state index in [1.165, 1.54) is 11.0 Å². The number of hydrogen-bond acceptors (Lipinski definition) is 4. The molecule has 0 atom stereocenters. The molecule has 33 heavy (non-hydrogen) atoms. The molecule has 0 radical (unpaired) electrons. The topological polar surface area (TPSA) is 75.5 Å². The minimum absolute atomic E-state index is 0.0664. The third-order valence-electron chi connectivity index (χ3n) is 5.21. The summed E-state index contributed by atoms with van der Waals surface area (Å²) in [4.78, 5) is 13.0. The Hall–Kier alpha value is -3.44. The van der Waals surface area contributed by atoms with E-state index in [0.717, 1.165) is 9.99 Å². The Morgan fingerprint density at radius 1 is 0.939 bits per heavy atom. The van der Waals surface area contributed by atoms with Crippen molar-refractivity contribution < 1.29 is 26.4 Å². The van der Waals surface area contributed by atoms with Crippen LogP contribution in [0.1, 0.15) is 5.56 Å². The molecule has 1 amide bonds. The summed E-state index contributed by atoms with van der Waals surface area (Å²) in [6.07, 6.45) is 6.34. The Morgan fingerprint density at radius 3 is 2.33 bits per heavy atom. The highest BCUT2D eigenvalue weighted by Gasteiger charge is 2.33. The number of amides is 1. The quantitative estimate of drug-likeness (QED) is 0.419. The van der Waals surface area contributed by atoms with E-state index in [2.05, 4.69) is 5.10 Å². The zero-order valence-electron chi connectivity index (χ0n) is 17.2. The maximum Gasteiger partial charge on any atom is 0.246 e. The number of nitrogens with zero attached hydrogens (tertiary/aromatic N) is 4. The first kappa shape index (κ1) is 22.7. The van der Waals surface area contributed by atoms with Gasteiger partial charge >= 0.3 is 0 Å². The predicted octanol–water partition coefficient (Wildman–Crippen LogP) is 2.84. The molecule has 0 aliphatic carbocycles. The highest BCUT2D eigenvalue weighted by Crippen LogP contribution is 2.24. The maximum absolute atomic E-state index is 14.0. The highest BCUT2D eigenvalue weighted by molar-refractivity contribution is 7.89. The van der Waals surface area contributed by atoms with Crippen molar-refractivity contribution in [2.75, 3.05) is 26.2 Å². The Kier molecular flexibility index (Phi) is 6.34. The minimum Gasteiger partial charge on any atom is -0.337 e. The fraction of sp³-hybridized carbons (Fsp3) is 0.182. The van der Waals surface area contributed by atoms with Crippen molar-refractivity contribution in [3.05, 3.63) is 83.9 Å². The molecule has 1 aliphatic rings. The molecule has 1 saturated heterocycles. The van der Waals surface area contributed by atoms with E-state index in [-0.39, 0.29) is 32.1 Å². The van der Waals surface area contributed by atoms with Crippen LogP contribution in [0.3, 0.4) is 0 Å². The molecule has 0 unspecified atom stereocenters. The summed E-state index contributed by atoms with van der Waals surface area (Å²) in [7, 11) is -4.38. The monoisotopic (exact) mass is 476 g/mol. The van der Waals surface area contributed by atoms with Gasteiger partial charge in [-0.2, -0.15) is 9.40 Å². The van der Waals surface area contributed by atoms with Gasteiger partial charge in [-0.3, -0.25) is 4.79 Å². The second-order valence-electron chi connectivity index (χ2n) is 7.29. The number of carbonyl (C=O) groups is 1. The summed E-state index contributed by atoms with van der Waals surface area (Å²) in [6, 6.07) is 10.7. The molecule has 1 aromatic heterocycles. The van der Waals surface area contributed by atoms with Crippen LogP contribution >= 0.6 is 0 Å². The fourth-order valence-electron chi connectivity index (χ4n) is 3.41. The molecular weight excluding hydrogens is 457 g/mol. The van der Waals surface area contributed by atoms with Gasteiger partial charge in [0.2, 0.25) is 15.9 Å². The van der Waals surface area contributed by atoms with Crippen LogP contribution in [0.5, 0.6) is 0 Å². The van der Waals surface area contributed by atoms with Crippen molar-refractivity contribution >= 4 is 22.0 Å². The molecule has 7 nitrogen and oxygen atoms in total. The van der Waals surface area contributed by atoms with Gasteiger partial charge in [0.1, 0.15) is 4.90 Å². The molecular formula is C22H19F3N4O3S. The van der Waals surface area contributed by atoms with Gasteiger partial charge in [0, 0.05) is 44.0 Å². The lowest BCUT2D eigenvalue weighted by atomic mass is 10.3. The predicted molar refractivity (Wildman–Crippen MR) is 114 cm³/mol. The first-order valence-electron chi connectivity index (χ1n) is 9.98. The molecule has 0 spiro atoms. The normalized spacial score (nSPS) is 15.3. The molecule has 1 aliphatic heterocycles. The fourth-order valence-corrected chi connectivity index (χ4v) is 4.89. The molecule has 2 heterocycles. The Labute approximate surface area is 188 Å². The molecule has 0 saturated carbocycles. The summed E-state index contributed by atoms with van der Waals surface area (Å²) in [5, 5.41) is 4.25. The van der Waals surface area contributed by atoms with Crippen LogP contribution in [-0.2, 0) is 14.8 Å². The number of sulfonamides is 1. The van der Waals surface area contributed by atoms with Crippen LogP contribution in [0.4, 0.5) is 13.2 Å². The average Bonchev–Trinajstić information content (AvgIpc) is 3.31. The second-order valence-corrected chi connectivity index (χ2v) is 9.20. The largest absolute Gasteiger partial charge is 0.337 e. The Bertz CT molecular complexity index is 1300. The molecule has 2 aromatic carbocycles. The summed E-state index contributed by atoms with van der Waals surface area (Å²) in [6.45, 7) is -0.0769. The molecule has 11 heteroatoms. The molecule has 1 fully saturated rings. The summed E-state index contributed by atoms with van der Waals surface area (Å²) < 4.78 is 68.5. The van der Waals surface area contributed by atoms with E-state index in [0.29, 0.717) is 17.7 Å². The average molecular weight is 476 g/mol. The SMILES string of the molecule is O=C(/C=C/c1cnn(-c2ccccc2)c1)N1CCN(S(=O)(=O)c2ccc(F)c(F)c2F)CC1. The van der Waals surface area contributed by atoms with Gasteiger partial charge in [-0.15, -0.1) is 0 Å². The van der Waals surface area contributed by atoms with Crippen LogP contribution in [0, 0.1) is 17.5 Å². The van der Waals surface area contributed by atoms with E-state index in [1.807, 2.05) is 30.3 Å². The van der Waals surface area contributed by atoms with Gasteiger partial charge in [0.05, 0.1) is 11.9 Å². The number of piperazine rings is 1. The van der Waals surface area contributed by atoms with Crippen LogP contribution in [0.2, 0.25) is 0 Å². The molecule has 3 aromatic rings. The first-order valence-corrected chi connectivity index (χ1v) is 11.4. The third-order valence-corrected chi connectivity index (χ3v) is 7.13. The summed E-state index contributed by atoms with van der Waals surface area (Å²) >= 11 is 0. The number of benzene rings is 2. The van der Waals surface area contributed by atoms with Crippen LogP contribution in [-0.4, -0.2) is 59.5 Å². The smallest absolute Gasteiger partial charge is 0.246 e. The lowest BCUT2D eigenvalue weighted by molar-refractivity contribution is -0.127. The van der Waals surface area contributed by atoms with Crippen molar-refractivity contribution in [3.8, 4) is 5.69 Å². The number of halogens is 3. The van der Waals surface area contributed by atoms with Gasteiger partial charge in [-0.05, 0) is 30.3 Å². The van der Waals surface area contributed by atoms with Crippen molar-refractivity contribution in [1.29, 1.82) is 0 Å². The zero-order valence-corrected chi connectivity index (χ0v) is 18.1. The van der Waals surface area contributed by atoms with Gasteiger partial charge in [-0.25, -0.2) is 26.3 Å². The molecule has 0 bridgehead atoms. The van der Waals surface area contributed by atoms with Gasteiger partial charge in [-0.1, -0.05) is 18.2 Å². The first-order chi connectivity index (χ1) is 15.8. The van der Waals surface area contributed by atoms with Crippen molar-refractivity contribution in [2.45, 2.75) is 4.90 Å². The highest BCUT2D eigenvalue weighted by atomic mass is 32.2. The zero-order chi connectivity index (χ0) is 23.6. The number of carbonyl (C=O) groups excluding carboxylic acids is 1. The van der Waals surface area contributed by atoms with Gasteiger partial charge in [0.25, 0.3) is 0 Å². The Balaban J connectivity index is 1.38. The number of hydrogen-bond donors (Lipinski definition) is 0. The molecule has 4 rings (SSSR count). The third kappa shape index (κ3) is 4.69. The minimum atomic E-state index is -4.38. The lowest BCUT2D eigenvalue weighted by Gasteiger charge is -2.33. The van der Waals surface area contributed by atoms with Crippen molar-refractivity contribution in [1.82, 2.24) is 19.0 Å². The van der Waals surface area contributed by atoms with Crippen LogP contribution in [0.25, 0.3) is 11.8 Å². The van der Waals surface area contributed by atoms with E-state index >= 15 is 0 Å². The van der Waals surface area contributed by atoms with Gasteiger partial charge in [0.15, 0.2) is 17.5 Å². The summed E-state index contributed by atoms with van der Waals surface area (Å²) in [5.74, 6) is -5.39. The number of para-hydroxylation sites is 1. The van der Waals surface area contributed by atoms with Gasteiger partial charge < -0.3 is 4.90 Å². The van der Waals surface area contributed by atoms with E-state index in [9.17, 15) is 26.4 Å². The van der Waals surface area contributed by atoms with Crippen molar-refractivity contribution in [3.63, 3.8) is 0 Å². The van der Waals surface area contributed by atoms with Crippen LogP contribution < -0.4 is 0 Å². The van der Waals surface area contributed by atoms with E-state index in [1.54, 1.807) is 23.2 Å². The Morgan fingerprint density at radius 2 is 1.64 bits per heavy atom. The molecule has 0 N–H and O–H groups in total. The molecule has 172 valence electrons. The van der Waals surface area contributed by atoms with E-state index in [4.69, 9.17) is 0 Å². The van der Waals surface area contributed by atoms with E-state index < -0.39 is 32.4 Å². The summed E-state index contributed by atoms with van der Waals surface area (Å²) in [5.41, 5.74) is 1.58. The number of aromatic nitrogens is 2. The number of rotatable bonds is 5.